The maximum atomic E-state index is 11.8. The van der Waals surface area contributed by atoms with E-state index in [1.54, 1.807) is 0 Å². The van der Waals surface area contributed by atoms with Crippen molar-refractivity contribution in [2.24, 2.45) is 23.5 Å². The van der Waals surface area contributed by atoms with Gasteiger partial charge >= 0.3 is 5.97 Å². The van der Waals surface area contributed by atoms with Gasteiger partial charge in [-0.1, -0.05) is 30.3 Å². The van der Waals surface area contributed by atoms with Crippen LogP contribution in [0, 0.1) is 17.8 Å². The van der Waals surface area contributed by atoms with Gasteiger partial charge in [-0.25, -0.2) is 0 Å². The zero-order valence-corrected chi connectivity index (χ0v) is 9.71. The van der Waals surface area contributed by atoms with Crippen LogP contribution in [0.2, 0.25) is 0 Å². The second kappa shape index (κ2) is 4.15. The SMILES string of the molecule is NC1C2CC(C(=O)OCc3ccccc3)CC12. The molecule has 2 atom stereocenters. The standard InChI is InChI=1S/C14H17NO2/c15-13-11-6-10(7-12(11)13)14(16)17-8-9-4-2-1-3-5-9/h1-5,10-13H,6-8,15H2. The van der Waals surface area contributed by atoms with Gasteiger partial charge in [-0.2, -0.15) is 0 Å². The number of ether oxygens (including phenoxy) is 1. The molecule has 0 spiro atoms. The molecule has 0 bridgehead atoms. The second-order valence-corrected chi connectivity index (χ2v) is 5.17. The molecule has 2 N–H and O–H groups in total. The number of esters is 1. The van der Waals surface area contributed by atoms with E-state index in [0.717, 1.165) is 18.4 Å². The predicted molar refractivity (Wildman–Crippen MR) is 63.9 cm³/mol. The maximum absolute atomic E-state index is 11.8. The van der Waals surface area contributed by atoms with E-state index in [2.05, 4.69) is 0 Å². The molecule has 3 heteroatoms. The number of fused-ring (bicyclic) bond motifs is 1. The van der Waals surface area contributed by atoms with Crippen LogP contribution in [0.5, 0.6) is 0 Å². The molecule has 0 aliphatic heterocycles. The topological polar surface area (TPSA) is 52.3 Å². The Morgan fingerprint density at radius 2 is 1.88 bits per heavy atom. The van der Waals surface area contributed by atoms with Gasteiger partial charge in [-0.3, -0.25) is 4.79 Å². The molecule has 3 rings (SSSR count). The Hall–Kier alpha value is -1.35. The smallest absolute Gasteiger partial charge is 0.309 e. The van der Waals surface area contributed by atoms with Crippen LogP contribution in [0.1, 0.15) is 18.4 Å². The molecule has 1 aromatic rings. The first-order chi connectivity index (χ1) is 8.25. The van der Waals surface area contributed by atoms with Crippen LogP contribution in [0.15, 0.2) is 30.3 Å². The number of rotatable bonds is 3. The summed E-state index contributed by atoms with van der Waals surface area (Å²) in [5.41, 5.74) is 6.89. The highest BCUT2D eigenvalue weighted by atomic mass is 16.5. The molecule has 0 aromatic heterocycles. The summed E-state index contributed by atoms with van der Waals surface area (Å²) in [6, 6.07) is 10.1. The lowest BCUT2D eigenvalue weighted by molar-refractivity contribution is -0.150. The fourth-order valence-corrected chi connectivity index (χ4v) is 2.93. The van der Waals surface area contributed by atoms with Gasteiger partial charge < -0.3 is 10.5 Å². The molecule has 1 aromatic carbocycles. The molecule has 17 heavy (non-hydrogen) atoms. The predicted octanol–water partition coefficient (Wildman–Crippen LogP) is 1.71. The third-order valence-corrected chi connectivity index (χ3v) is 4.07. The molecule has 0 saturated heterocycles. The van der Waals surface area contributed by atoms with E-state index in [0.29, 0.717) is 24.5 Å². The first kappa shape index (κ1) is 10.8. The molecule has 2 aliphatic rings. The van der Waals surface area contributed by atoms with Gasteiger partial charge in [0.1, 0.15) is 6.61 Å². The highest BCUT2D eigenvalue weighted by Gasteiger charge is 2.55. The van der Waals surface area contributed by atoms with E-state index < -0.39 is 0 Å². The van der Waals surface area contributed by atoms with Gasteiger partial charge in [0.05, 0.1) is 5.92 Å². The van der Waals surface area contributed by atoms with E-state index in [1.165, 1.54) is 0 Å². The van der Waals surface area contributed by atoms with Crippen molar-refractivity contribution in [1.82, 2.24) is 0 Å². The molecule has 2 aliphatic carbocycles. The summed E-state index contributed by atoms with van der Waals surface area (Å²) >= 11 is 0. The Balaban J connectivity index is 1.49. The van der Waals surface area contributed by atoms with Gasteiger partial charge in [0.25, 0.3) is 0 Å². The number of hydrogen-bond acceptors (Lipinski definition) is 3. The monoisotopic (exact) mass is 231 g/mol. The Bertz CT molecular complexity index is 405. The molecule has 0 radical (unpaired) electrons. The quantitative estimate of drug-likeness (QED) is 0.806. The first-order valence-electron chi connectivity index (χ1n) is 6.22. The van der Waals surface area contributed by atoms with E-state index in [1.807, 2.05) is 30.3 Å². The zero-order valence-electron chi connectivity index (χ0n) is 9.71. The summed E-state index contributed by atoms with van der Waals surface area (Å²) in [4.78, 5) is 11.8. The van der Waals surface area contributed by atoms with Crippen molar-refractivity contribution >= 4 is 5.97 Å². The highest BCUT2D eigenvalue weighted by molar-refractivity contribution is 5.73. The molecular weight excluding hydrogens is 214 g/mol. The normalized spacial score (nSPS) is 34.2. The second-order valence-electron chi connectivity index (χ2n) is 5.17. The van der Waals surface area contributed by atoms with Crippen LogP contribution in [-0.4, -0.2) is 12.0 Å². The molecule has 0 amide bonds. The van der Waals surface area contributed by atoms with Crippen LogP contribution in [0.4, 0.5) is 0 Å². The molecule has 2 saturated carbocycles. The van der Waals surface area contributed by atoms with Crippen molar-refractivity contribution in [2.45, 2.75) is 25.5 Å². The first-order valence-corrected chi connectivity index (χ1v) is 6.22. The minimum Gasteiger partial charge on any atom is -0.461 e. The van der Waals surface area contributed by atoms with Crippen molar-refractivity contribution in [2.75, 3.05) is 0 Å². The van der Waals surface area contributed by atoms with Crippen LogP contribution in [0.3, 0.4) is 0 Å². The summed E-state index contributed by atoms with van der Waals surface area (Å²) in [6.07, 6.45) is 1.86. The molecule has 2 fully saturated rings. The van der Waals surface area contributed by atoms with Crippen molar-refractivity contribution in [3.05, 3.63) is 35.9 Å². The fourth-order valence-electron chi connectivity index (χ4n) is 2.93. The molecule has 0 heterocycles. The summed E-state index contributed by atoms with van der Waals surface area (Å²) in [5.74, 6) is 1.22. The molecule has 2 unspecified atom stereocenters. The third-order valence-electron chi connectivity index (χ3n) is 4.07. The van der Waals surface area contributed by atoms with E-state index >= 15 is 0 Å². The van der Waals surface area contributed by atoms with Gasteiger partial charge in [0, 0.05) is 6.04 Å². The summed E-state index contributed by atoms with van der Waals surface area (Å²) in [7, 11) is 0. The molecular formula is C14H17NO2. The van der Waals surface area contributed by atoms with Gasteiger partial charge in [-0.15, -0.1) is 0 Å². The lowest BCUT2D eigenvalue weighted by atomic mass is 10.0. The van der Waals surface area contributed by atoms with E-state index in [-0.39, 0.29) is 11.9 Å². The van der Waals surface area contributed by atoms with E-state index in [4.69, 9.17) is 10.5 Å². The van der Waals surface area contributed by atoms with Gasteiger partial charge in [0.15, 0.2) is 0 Å². The third kappa shape index (κ3) is 2.07. The highest BCUT2D eigenvalue weighted by Crippen LogP contribution is 2.53. The molecule has 3 nitrogen and oxygen atoms in total. The average Bonchev–Trinajstić information content (AvgIpc) is 2.81. The van der Waals surface area contributed by atoms with E-state index in [9.17, 15) is 4.79 Å². The van der Waals surface area contributed by atoms with Crippen molar-refractivity contribution in [3.63, 3.8) is 0 Å². The van der Waals surface area contributed by atoms with Crippen LogP contribution < -0.4 is 5.73 Å². The minimum absolute atomic E-state index is 0.0479. The number of carbonyl (C=O) groups is 1. The lowest BCUT2D eigenvalue weighted by Gasteiger charge is -2.12. The van der Waals surface area contributed by atoms with Crippen molar-refractivity contribution in [3.8, 4) is 0 Å². The summed E-state index contributed by atoms with van der Waals surface area (Å²) < 4.78 is 5.34. The number of carbonyl (C=O) groups excluding carboxylic acids is 1. The summed E-state index contributed by atoms with van der Waals surface area (Å²) in [5, 5.41) is 0. The average molecular weight is 231 g/mol. The number of nitrogens with two attached hydrogens (primary N) is 1. The largest absolute Gasteiger partial charge is 0.461 e. The maximum Gasteiger partial charge on any atom is 0.309 e. The Morgan fingerprint density at radius 1 is 1.24 bits per heavy atom. The molecule has 90 valence electrons. The lowest BCUT2D eigenvalue weighted by Crippen LogP contribution is -2.20. The van der Waals surface area contributed by atoms with Crippen molar-refractivity contribution < 1.29 is 9.53 Å². The zero-order chi connectivity index (χ0) is 11.8. The van der Waals surface area contributed by atoms with Crippen LogP contribution in [-0.2, 0) is 16.1 Å². The van der Waals surface area contributed by atoms with Crippen LogP contribution in [0.25, 0.3) is 0 Å². The van der Waals surface area contributed by atoms with Gasteiger partial charge in [-0.05, 0) is 30.2 Å². The Morgan fingerprint density at radius 3 is 2.53 bits per heavy atom. The minimum atomic E-state index is -0.0479. The Kier molecular flexibility index (Phi) is 2.63. The van der Waals surface area contributed by atoms with Crippen molar-refractivity contribution in [1.29, 1.82) is 0 Å². The number of benzene rings is 1. The fraction of sp³-hybridized carbons (Fsp3) is 0.500. The number of hydrogen-bond donors (Lipinski definition) is 1. The Labute approximate surface area is 101 Å². The van der Waals surface area contributed by atoms with Gasteiger partial charge in [0.2, 0.25) is 0 Å². The summed E-state index contributed by atoms with van der Waals surface area (Å²) in [6.45, 7) is 0.386. The van der Waals surface area contributed by atoms with Crippen LogP contribution >= 0.6 is 0 Å².